The predicted octanol–water partition coefficient (Wildman–Crippen LogP) is 3.83. The van der Waals surface area contributed by atoms with Crippen molar-refractivity contribution in [1.29, 1.82) is 0 Å². The smallest absolute Gasteiger partial charge is 0.347 e. The molecule has 0 atom stereocenters. The lowest BCUT2D eigenvalue weighted by Crippen LogP contribution is -2.16. The fourth-order valence-electron chi connectivity index (χ4n) is 2.58. The van der Waals surface area contributed by atoms with Crippen molar-refractivity contribution in [1.82, 2.24) is 0 Å². The van der Waals surface area contributed by atoms with Crippen molar-refractivity contribution in [3.63, 3.8) is 0 Å². The molecule has 0 saturated heterocycles. The van der Waals surface area contributed by atoms with E-state index in [9.17, 15) is 19.5 Å². The molecule has 0 amide bonds. The molecule has 0 radical (unpaired) electrons. The molecule has 0 aliphatic heterocycles. The number of carbonyl (C=O) groups is 3. The number of esters is 2. The fraction of sp³-hybridized carbons (Fsp3) is 0.0455. The van der Waals surface area contributed by atoms with E-state index >= 15 is 0 Å². The Balaban J connectivity index is 1.87. The van der Waals surface area contributed by atoms with Crippen molar-refractivity contribution in [2.45, 2.75) is 0 Å². The van der Waals surface area contributed by atoms with E-state index in [0.717, 1.165) is 0 Å². The maximum absolute atomic E-state index is 12.6. The Morgan fingerprint density at radius 2 is 1.00 bits per heavy atom. The number of carbonyl (C=O) groups excluding carboxylic acids is 2. The zero-order chi connectivity index (χ0) is 20.8. The average Bonchev–Trinajstić information content (AvgIpc) is 2.74. The summed E-state index contributed by atoms with van der Waals surface area (Å²) in [5, 5.41) is 9.23. The third-order valence-electron chi connectivity index (χ3n) is 3.96. The number of methoxy groups -OCH3 is 1. The summed E-state index contributed by atoms with van der Waals surface area (Å²) in [5.41, 5.74) is -0.00493. The van der Waals surface area contributed by atoms with E-state index in [2.05, 4.69) is 0 Å². The molecular formula is C22H16O7. The van der Waals surface area contributed by atoms with E-state index in [4.69, 9.17) is 14.2 Å². The van der Waals surface area contributed by atoms with Gasteiger partial charge in [-0.2, -0.15) is 0 Å². The number of aromatic carboxylic acids is 1. The molecule has 7 nitrogen and oxygen atoms in total. The van der Waals surface area contributed by atoms with E-state index in [1.165, 1.54) is 43.5 Å². The Labute approximate surface area is 166 Å². The minimum absolute atomic E-state index is 0.0267. The van der Waals surface area contributed by atoms with Gasteiger partial charge in [-0.05, 0) is 36.4 Å². The van der Waals surface area contributed by atoms with Gasteiger partial charge in [0.25, 0.3) is 0 Å². The lowest BCUT2D eigenvalue weighted by Gasteiger charge is -2.12. The van der Waals surface area contributed by atoms with Crippen LogP contribution in [0.1, 0.15) is 31.1 Å². The van der Waals surface area contributed by atoms with Crippen LogP contribution in [0.3, 0.4) is 0 Å². The molecule has 0 heterocycles. The van der Waals surface area contributed by atoms with Gasteiger partial charge < -0.3 is 19.3 Å². The second kappa shape index (κ2) is 8.71. The quantitative estimate of drug-likeness (QED) is 0.503. The van der Waals surface area contributed by atoms with E-state index in [-0.39, 0.29) is 28.2 Å². The second-order valence-electron chi connectivity index (χ2n) is 5.78. The molecule has 0 aliphatic rings. The van der Waals surface area contributed by atoms with Crippen molar-refractivity contribution >= 4 is 17.9 Å². The number of para-hydroxylation sites is 3. The second-order valence-corrected chi connectivity index (χ2v) is 5.78. The van der Waals surface area contributed by atoms with Crippen molar-refractivity contribution in [3.8, 4) is 17.2 Å². The van der Waals surface area contributed by atoms with Crippen LogP contribution in [-0.2, 0) is 0 Å². The summed E-state index contributed by atoms with van der Waals surface area (Å²) < 4.78 is 15.8. The molecule has 0 fully saturated rings. The minimum atomic E-state index is -1.23. The third kappa shape index (κ3) is 4.41. The molecule has 0 spiro atoms. The topological polar surface area (TPSA) is 99.1 Å². The SMILES string of the molecule is COc1ccccc1C(=O)Oc1ccccc1C(=O)Oc1ccccc1C(=O)O. The Morgan fingerprint density at radius 3 is 1.48 bits per heavy atom. The standard InChI is InChI=1S/C22H16O7/c1-27-17-11-5-3-9-15(17)21(25)29-19-13-7-4-10-16(19)22(26)28-18-12-6-2-8-14(18)20(23)24/h2-13H,1H3,(H,23,24). The van der Waals surface area contributed by atoms with Crippen LogP contribution in [0.2, 0.25) is 0 Å². The Kier molecular flexibility index (Phi) is 5.89. The Morgan fingerprint density at radius 1 is 0.621 bits per heavy atom. The van der Waals surface area contributed by atoms with Gasteiger partial charge in [0.05, 0.1) is 7.11 Å². The molecule has 0 aromatic heterocycles. The first-order valence-electron chi connectivity index (χ1n) is 8.50. The summed E-state index contributed by atoms with van der Waals surface area (Å²) in [5.74, 6) is -2.62. The highest BCUT2D eigenvalue weighted by Crippen LogP contribution is 2.25. The van der Waals surface area contributed by atoms with E-state index in [1.807, 2.05) is 0 Å². The van der Waals surface area contributed by atoms with Crippen LogP contribution in [0.4, 0.5) is 0 Å². The summed E-state index contributed by atoms with van der Waals surface area (Å²) in [7, 11) is 1.43. The Hall–Kier alpha value is -4.13. The van der Waals surface area contributed by atoms with Gasteiger partial charge in [-0.1, -0.05) is 36.4 Å². The van der Waals surface area contributed by atoms with Crippen LogP contribution >= 0.6 is 0 Å². The molecule has 0 unspecified atom stereocenters. The number of carboxylic acid groups (broad SMARTS) is 1. The van der Waals surface area contributed by atoms with E-state index in [1.54, 1.807) is 36.4 Å². The van der Waals surface area contributed by atoms with Gasteiger partial charge in [0.15, 0.2) is 0 Å². The first kappa shape index (κ1) is 19.6. The van der Waals surface area contributed by atoms with Crippen LogP contribution in [0.15, 0.2) is 72.8 Å². The summed E-state index contributed by atoms with van der Waals surface area (Å²) in [6.45, 7) is 0. The number of hydrogen-bond acceptors (Lipinski definition) is 6. The van der Waals surface area contributed by atoms with Gasteiger partial charge in [-0.3, -0.25) is 0 Å². The highest BCUT2D eigenvalue weighted by atomic mass is 16.6. The van der Waals surface area contributed by atoms with Crippen molar-refractivity contribution < 1.29 is 33.7 Å². The average molecular weight is 392 g/mol. The number of hydrogen-bond donors (Lipinski definition) is 1. The zero-order valence-electron chi connectivity index (χ0n) is 15.3. The summed E-state index contributed by atoms with van der Waals surface area (Å²) in [4.78, 5) is 36.5. The third-order valence-corrected chi connectivity index (χ3v) is 3.96. The maximum atomic E-state index is 12.6. The van der Waals surface area contributed by atoms with Gasteiger partial charge in [-0.15, -0.1) is 0 Å². The predicted molar refractivity (Wildman–Crippen MR) is 103 cm³/mol. The molecule has 7 heteroatoms. The first-order chi connectivity index (χ1) is 14.0. The van der Waals surface area contributed by atoms with Gasteiger partial charge in [0.1, 0.15) is 33.9 Å². The maximum Gasteiger partial charge on any atom is 0.347 e. The molecule has 29 heavy (non-hydrogen) atoms. The molecule has 0 saturated carbocycles. The highest BCUT2D eigenvalue weighted by Gasteiger charge is 2.21. The molecule has 1 N–H and O–H groups in total. The summed E-state index contributed by atoms with van der Waals surface area (Å²) in [6.07, 6.45) is 0. The van der Waals surface area contributed by atoms with E-state index in [0.29, 0.717) is 5.75 Å². The van der Waals surface area contributed by atoms with Gasteiger partial charge >= 0.3 is 17.9 Å². The van der Waals surface area contributed by atoms with Crippen molar-refractivity contribution in [2.75, 3.05) is 7.11 Å². The van der Waals surface area contributed by atoms with E-state index < -0.39 is 17.9 Å². The lowest BCUT2D eigenvalue weighted by atomic mass is 10.1. The van der Waals surface area contributed by atoms with Crippen LogP contribution in [0.5, 0.6) is 17.2 Å². The van der Waals surface area contributed by atoms with Gasteiger partial charge in [0.2, 0.25) is 0 Å². The van der Waals surface area contributed by atoms with Gasteiger partial charge in [0, 0.05) is 0 Å². The normalized spacial score (nSPS) is 10.1. The fourth-order valence-corrected chi connectivity index (χ4v) is 2.58. The van der Waals surface area contributed by atoms with Gasteiger partial charge in [-0.25, -0.2) is 14.4 Å². The molecule has 0 bridgehead atoms. The number of rotatable bonds is 6. The minimum Gasteiger partial charge on any atom is -0.496 e. The first-order valence-corrected chi connectivity index (χ1v) is 8.50. The number of benzene rings is 3. The largest absolute Gasteiger partial charge is 0.496 e. The molecule has 3 aromatic carbocycles. The zero-order valence-corrected chi connectivity index (χ0v) is 15.3. The highest BCUT2D eigenvalue weighted by molar-refractivity contribution is 5.99. The molecule has 146 valence electrons. The van der Waals surface area contributed by atoms with Crippen LogP contribution in [0, 0.1) is 0 Å². The van der Waals surface area contributed by atoms with Crippen LogP contribution < -0.4 is 14.2 Å². The van der Waals surface area contributed by atoms with Crippen molar-refractivity contribution in [2.24, 2.45) is 0 Å². The molecule has 0 aliphatic carbocycles. The molecule has 3 rings (SSSR count). The van der Waals surface area contributed by atoms with Crippen LogP contribution in [-0.4, -0.2) is 30.1 Å². The van der Waals surface area contributed by atoms with Crippen molar-refractivity contribution in [3.05, 3.63) is 89.5 Å². The monoisotopic (exact) mass is 392 g/mol. The lowest BCUT2D eigenvalue weighted by molar-refractivity contribution is 0.0681. The number of carboxylic acids is 1. The summed E-state index contributed by atoms with van der Waals surface area (Å²) >= 11 is 0. The molecule has 3 aromatic rings. The molecular weight excluding hydrogens is 376 g/mol. The van der Waals surface area contributed by atoms with Crippen LogP contribution in [0.25, 0.3) is 0 Å². The summed E-state index contributed by atoms with van der Waals surface area (Å²) in [6, 6.07) is 18.3. The Bertz CT molecular complexity index is 1070. The number of ether oxygens (including phenoxy) is 3.